The molecule has 0 radical (unpaired) electrons. The van der Waals surface area contributed by atoms with Crippen molar-refractivity contribution >= 4 is 11.8 Å². The number of halogens is 1. The summed E-state index contributed by atoms with van der Waals surface area (Å²) in [5.74, 6) is -1.46. The lowest BCUT2D eigenvalue weighted by Crippen LogP contribution is -2.30. The molecule has 0 spiro atoms. The molecule has 0 unspecified atom stereocenters. The van der Waals surface area contributed by atoms with Gasteiger partial charge in [-0.15, -0.1) is 0 Å². The Kier molecular flexibility index (Phi) is 4.53. The van der Waals surface area contributed by atoms with Gasteiger partial charge in [0.25, 0.3) is 0 Å². The highest BCUT2D eigenvalue weighted by Crippen LogP contribution is 2.43. The Balaban J connectivity index is 2.15. The molecule has 0 aromatic heterocycles. The van der Waals surface area contributed by atoms with Gasteiger partial charge in [-0.25, -0.2) is 4.39 Å². The van der Waals surface area contributed by atoms with Crippen LogP contribution in [0.1, 0.15) is 55.3 Å². The largest absolute Gasteiger partial charge is 0.481 e. The fourth-order valence-electron chi connectivity index (χ4n) is 3.14. The first-order valence-electron chi connectivity index (χ1n) is 7.01. The third-order valence-electron chi connectivity index (χ3n) is 4.12. The zero-order chi connectivity index (χ0) is 14.6. The predicted octanol–water partition coefficient (Wildman–Crippen LogP) is 3.82. The van der Waals surface area contributed by atoms with Crippen LogP contribution in [0, 0.1) is 11.2 Å². The molecule has 1 fully saturated rings. The van der Waals surface area contributed by atoms with Gasteiger partial charge < -0.3 is 5.11 Å². The Hall–Kier alpha value is -1.71. The Bertz CT molecular complexity index is 504. The molecule has 0 amide bonds. The van der Waals surface area contributed by atoms with E-state index in [-0.39, 0.29) is 18.6 Å². The molecule has 0 heterocycles. The fourth-order valence-corrected chi connectivity index (χ4v) is 3.14. The first-order chi connectivity index (χ1) is 9.51. The lowest BCUT2D eigenvalue weighted by molar-refractivity contribution is -0.140. The summed E-state index contributed by atoms with van der Waals surface area (Å²) in [6.07, 6.45) is 4.76. The molecule has 0 bridgehead atoms. The number of hydrogen-bond acceptors (Lipinski definition) is 2. The van der Waals surface area contributed by atoms with Crippen molar-refractivity contribution in [1.29, 1.82) is 0 Å². The minimum absolute atomic E-state index is 0.0219. The third-order valence-corrected chi connectivity index (χ3v) is 4.12. The summed E-state index contributed by atoms with van der Waals surface area (Å²) in [6, 6.07) is 5.61. The summed E-state index contributed by atoms with van der Waals surface area (Å²) in [5, 5.41) is 9.09. The highest BCUT2D eigenvalue weighted by Gasteiger charge is 2.36. The molecule has 0 saturated heterocycles. The molecule has 1 aromatic carbocycles. The second-order valence-electron chi connectivity index (χ2n) is 5.74. The van der Waals surface area contributed by atoms with Gasteiger partial charge in [0.05, 0.1) is 6.42 Å². The molecule has 108 valence electrons. The number of Topliss-reactive ketones (excluding diaryl/α,β-unsaturated/α-hetero) is 1. The molecule has 1 saturated carbocycles. The molecule has 1 aromatic rings. The number of rotatable bonds is 5. The Labute approximate surface area is 117 Å². The molecular weight excluding hydrogens is 259 g/mol. The lowest BCUT2D eigenvalue weighted by atomic mass is 9.68. The molecule has 1 aliphatic carbocycles. The second kappa shape index (κ2) is 6.16. The minimum Gasteiger partial charge on any atom is -0.481 e. The first kappa shape index (κ1) is 14.7. The number of carbonyl (C=O) groups excluding carboxylic acids is 1. The van der Waals surface area contributed by atoms with E-state index >= 15 is 0 Å². The van der Waals surface area contributed by atoms with Gasteiger partial charge in [0.2, 0.25) is 0 Å². The van der Waals surface area contributed by atoms with Crippen LogP contribution in [0.25, 0.3) is 0 Å². The van der Waals surface area contributed by atoms with E-state index in [1.807, 2.05) is 0 Å². The van der Waals surface area contributed by atoms with Crippen molar-refractivity contribution in [3.05, 3.63) is 35.6 Å². The van der Waals surface area contributed by atoms with Crippen molar-refractivity contribution in [2.45, 2.75) is 44.9 Å². The topological polar surface area (TPSA) is 54.4 Å². The maximum absolute atomic E-state index is 13.2. The smallest absolute Gasteiger partial charge is 0.303 e. The zero-order valence-corrected chi connectivity index (χ0v) is 11.4. The molecule has 0 atom stereocenters. The highest BCUT2D eigenvalue weighted by molar-refractivity contribution is 5.96. The van der Waals surface area contributed by atoms with Crippen LogP contribution >= 0.6 is 0 Å². The second-order valence-corrected chi connectivity index (χ2v) is 5.74. The summed E-state index contributed by atoms with van der Waals surface area (Å²) in [7, 11) is 0. The van der Waals surface area contributed by atoms with Crippen molar-refractivity contribution in [3.63, 3.8) is 0 Å². The normalized spacial score (nSPS) is 17.6. The van der Waals surface area contributed by atoms with Crippen LogP contribution in [0.4, 0.5) is 4.39 Å². The Morgan fingerprint density at radius 3 is 2.45 bits per heavy atom. The van der Waals surface area contributed by atoms with Crippen molar-refractivity contribution in [2.24, 2.45) is 5.41 Å². The van der Waals surface area contributed by atoms with E-state index in [0.717, 1.165) is 32.1 Å². The van der Waals surface area contributed by atoms with Crippen LogP contribution in [0.5, 0.6) is 0 Å². The Morgan fingerprint density at radius 2 is 1.85 bits per heavy atom. The van der Waals surface area contributed by atoms with Gasteiger partial charge in [0.1, 0.15) is 5.82 Å². The van der Waals surface area contributed by atoms with E-state index in [2.05, 4.69) is 0 Å². The summed E-state index contributed by atoms with van der Waals surface area (Å²) in [4.78, 5) is 23.4. The summed E-state index contributed by atoms with van der Waals surface area (Å²) >= 11 is 0. The molecule has 4 heteroatoms. The number of aliphatic carboxylic acids is 1. The minimum atomic E-state index is -0.862. The third kappa shape index (κ3) is 3.65. The summed E-state index contributed by atoms with van der Waals surface area (Å²) in [5.41, 5.74) is -0.117. The number of benzene rings is 1. The fraction of sp³-hybridized carbons (Fsp3) is 0.500. The number of ketones is 1. The van der Waals surface area contributed by atoms with E-state index in [1.54, 1.807) is 6.07 Å². The lowest BCUT2D eigenvalue weighted by Gasteiger charge is -2.35. The van der Waals surface area contributed by atoms with Crippen LogP contribution in [0.15, 0.2) is 24.3 Å². The quantitative estimate of drug-likeness (QED) is 0.833. The van der Waals surface area contributed by atoms with Crippen LogP contribution in [0.3, 0.4) is 0 Å². The van der Waals surface area contributed by atoms with Gasteiger partial charge in [-0.2, -0.15) is 0 Å². The van der Waals surface area contributed by atoms with Crippen LogP contribution in [0.2, 0.25) is 0 Å². The molecule has 3 nitrogen and oxygen atoms in total. The number of carboxylic acids is 1. The predicted molar refractivity (Wildman–Crippen MR) is 73.1 cm³/mol. The zero-order valence-electron chi connectivity index (χ0n) is 11.4. The number of hydrogen-bond donors (Lipinski definition) is 1. The van der Waals surface area contributed by atoms with Gasteiger partial charge in [-0.1, -0.05) is 31.4 Å². The molecule has 0 aliphatic heterocycles. The van der Waals surface area contributed by atoms with Gasteiger partial charge in [0.15, 0.2) is 5.78 Å². The highest BCUT2D eigenvalue weighted by atomic mass is 19.1. The van der Waals surface area contributed by atoms with Crippen molar-refractivity contribution in [3.8, 4) is 0 Å². The maximum Gasteiger partial charge on any atom is 0.303 e. The molecule has 1 aliphatic rings. The van der Waals surface area contributed by atoms with E-state index in [9.17, 15) is 14.0 Å². The van der Waals surface area contributed by atoms with Gasteiger partial charge in [-0.3, -0.25) is 9.59 Å². The number of carbonyl (C=O) groups is 2. The van der Waals surface area contributed by atoms with Crippen molar-refractivity contribution < 1.29 is 19.1 Å². The monoisotopic (exact) mass is 278 g/mol. The van der Waals surface area contributed by atoms with Crippen LogP contribution in [-0.4, -0.2) is 16.9 Å². The molecule has 2 rings (SSSR count). The molecular formula is C16H19FO3. The van der Waals surface area contributed by atoms with Gasteiger partial charge in [0, 0.05) is 12.0 Å². The first-order valence-corrected chi connectivity index (χ1v) is 7.01. The maximum atomic E-state index is 13.2. The van der Waals surface area contributed by atoms with Crippen LogP contribution in [-0.2, 0) is 4.79 Å². The van der Waals surface area contributed by atoms with Gasteiger partial charge in [-0.05, 0) is 30.4 Å². The van der Waals surface area contributed by atoms with Crippen molar-refractivity contribution in [1.82, 2.24) is 0 Å². The summed E-state index contributed by atoms with van der Waals surface area (Å²) < 4.78 is 13.2. The Morgan fingerprint density at radius 1 is 1.15 bits per heavy atom. The van der Waals surface area contributed by atoms with E-state index < -0.39 is 17.2 Å². The summed E-state index contributed by atoms with van der Waals surface area (Å²) in [6.45, 7) is 0. The van der Waals surface area contributed by atoms with E-state index in [0.29, 0.717) is 5.56 Å². The van der Waals surface area contributed by atoms with E-state index in [1.165, 1.54) is 18.2 Å². The molecule has 1 N–H and O–H groups in total. The van der Waals surface area contributed by atoms with Gasteiger partial charge >= 0.3 is 5.97 Å². The van der Waals surface area contributed by atoms with E-state index in [4.69, 9.17) is 5.11 Å². The molecule has 20 heavy (non-hydrogen) atoms. The number of carboxylic acid groups (broad SMARTS) is 1. The SMILES string of the molecule is O=C(O)CC1(CC(=O)c2cccc(F)c2)CCCCC1. The standard InChI is InChI=1S/C16H19FO3/c17-13-6-4-5-12(9-13)14(18)10-16(11-15(19)20)7-2-1-3-8-16/h4-6,9H,1-3,7-8,10-11H2,(H,19,20). The van der Waals surface area contributed by atoms with Crippen molar-refractivity contribution in [2.75, 3.05) is 0 Å². The van der Waals surface area contributed by atoms with Crippen LogP contribution < -0.4 is 0 Å². The average molecular weight is 278 g/mol. The average Bonchev–Trinajstić information content (AvgIpc) is 2.38.